The summed E-state index contributed by atoms with van der Waals surface area (Å²) in [6, 6.07) is 6.07. The lowest BCUT2D eigenvalue weighted by Gasteiger charge is -2.18. The normalized spacial score (nSPS) is 10.5. The molecule has 0 aliphatic heterocycles. The number of nitrogens with zero attached hydrogens (tertiary/aromatic N) is 1. The molecule has 1 aromatic rings. The summed E-state index contributed by atoms with van der Waals surface area (Å²) in [7, 11) is 7.73. The van der Waals surface area contributed by atoms with Gasteiger partial charge in [0, 0.05) is 18.4 Å². The molecule has 0 aromatic heterocycles. The summed E-state index contributed by atoms with van der Waals surface area (Å²) in [4.78, 5) is 1.62. The number of allylic oxidation sites excluding steroid dienone is 1. The number of rotatable bonds is 3. The quantitative estimate of drug-likeness (QED) is 0.729. The Morgan fingerprint density at radius 2 is 2.14 bits per heavy atom. The van der Waals surface area contributed by atoms with Crippen LogP contribution in [0.5, 0.6) is 0 Å². The Balaban J connectivity index is 2.99. The van der Waals surface area contributed by atoms with Crippen molar-refractivity contribution in [1.82, 2.24) is 0 Å². The van der Waals surface area contributed by atoms with Gasteiger partial charge in [0.15, 0.2) is 0 Å². The molecule has 0 spiro atoms. The zero-order chi connectivity index (χ0) is 10.6. The van der Waals surface area contributed by atoms with Gasteiger partial charge < -0.3 is 10.1 Å². The molecule has 0 bridgehead atoms. The van der Waals surface area contributed by atoms with Crippen LogP contribution in [0.15, 0.2) is 30.5 Å². The van der Waals surface area contributed by atoms with Crippen LogP contribution in [-0.2, 0) is 0 Å². The van der Waals surface area contributed by atoms with Crippen molar-refractivity contribution in [2.45, 2.75) is 13.8 Å². The molecule has 72 valence electrons. The number of aryl methyl sites for hydroxylation is 1. The Hall–Kier alpha value is -1.38. The number of hydrogen-bond donors (Lipinski definition) is 1. The fourth-order valence-electron chi connectivity index (χ4n) is 1.34. The average molecular weight is 186 g/mol. The number of anilines is 2. The highest BCUT2D eigenvalue weighted by Gasteiger charge is 2.01. The third-order valence-electron chi connectivity index (χ3n) is 2.07. The highest BCUT2D eigenvalue weighted by molar-refractivity contribution is 6.19. The molecule has 0 aliphatic rings. The first-order valence-electron chi connectivity index (χ1n) is 4.64. The van der Waals surface area contributed by atoms with Gasteiger partial charge in [0.2, 0.25) is 7.98 Å². The molecule has 1 rings (SSSR count). The fourth-order valence-corrected chi connectivity index (χ4v) is 1.34. The van der Waals surface area contributed by atoms with Gasteiger partial charge in [-0.05, 0) is 43.8 Å². The monoisotopic (exact) mass is 186 g/mol. The third-order valence-corrected chi connectivity index (χ3v) is 2.07. The van der Waals surface area contributed by atoms with Crippen LogP contribution in [0.4, 0.5) is 11.4 Å². The van der Waals surface area contributed by atoms with Gasteiger partial charge in [-0.15, -0.1) is 0 Å². The summed E-state index contributed by atoms with van der Waals surface area (Å²) < 4.78 is 0. The van der Waals surface area contributed by atoms with E-state index in [1.807, 2.05) is 45.3 Å². The van der Waals surface area contributed by atoms with Crippen LogP contribution < -0.4 is 10.1 Å². The van der Waals surface area contributed by atoms with Gasteiger partial charge in [-0.1, -0.05) is 6.08 Å². The van der Waals surface area contributed by atoms with E-state index >= 15 is 0 Å². The average Bonchev–Trinajstić information content (AvgIpc) is 2.17. The SMILES string of the molecule is [B]N(/C=C\C)c1ccc(NC)cc1C. The van der Waals surface area contributed by atoms with Crippen molar-refractivity contribution in [2.75, 3.05) is 17.2 Å². The van der Waals surface area contributed by atoms with E-state index in [2.05, 4.69) is 11.4 Å². The van der Waals surface area contributed by atoms with Crippen LogP contribution >= 0.6 is 0 Å². The van der Waals surface area contributed by atoms with E-state index in [1.54, 1.807) is 4.81 Å². The van der Waals surface area contributed by atoms with Crippen molar-refractivity contribution >= 4 is 19.4 Å². The molecular weight excluding hydrogens is 171 g/mol. The molecule has 0 saturated carbocycles. The highest BCUT2D eigenvalue weighted by Crippen LogP contribution is 2.22. The maximum absolute atomic E-state index is 5.82. The summed E-state index contributed by atoms with van der Waals surface area (Å²) in [6.07, 6.45) is 3.74. The van der Waals surface area contributed by atoms with Crippen LogP contribution in [-0.4, -0.2) is 15.0 Å². The van der Waals surface area contributed by atoms with Gasteiger partial charge in [0.05, 0.1) is 0 Å². The molecule has 2 radical (unpaired) electrons. The van der Waals surface area contributed by atoms with Crippen LogP contribution in [0.1, 0.15) is 12.5 Å². The van der Waals surface area contributed by atoms with Gasteiger partial charge in [0.1, 0.15) is 0 Å². The molecular formula is C11H15BN2. The van der Waals surface area contributed by atoms with Crippen molar-refractivity contribution in [1.29, 1.82) is 0 Å². The van der Waals surface area contributed by atoms with E-state index in [-0.39, 0.29) is 0 Å². The van der Waals surface area contributed by atoms with E-state index in [1.165, 1.54) is 0 Å². The van der Waals surface area contributed by atoms with Crippen molar-refractivity contribution < 1.29 is 0 Å². The van der Waals surface area contributed by atoms with Gasteiger partial charge in [0.25, 0.3) is 0 Å². The number of benzene rings is 1. The Morgan fingerprint density at radius 3 is 2.64 bits per heavy atom. The van der Waals surface area contributed by atoms with Crippen molar-refractivity contribution in [3.63, 3.8) is 0 Å². The predicted molar refractivity (Wildman–Crippen MR) is 63.8 cm³/mol. The fraction of sp³-hybridized carbons (Fsp3) is 0.273. The number of nitrogens with one attached hydrogen (secondary N) is 1. The van der Waals surface area contributed by atoms with E-state index in [4.69, 9.17) is 7.98 Å². The minimum absolute atomic E-state index is 1.02. The molecule has 0 fully saturated rings. The van der Waals surface area contributed by atoms with E-state index < -0.39 is 0 Å². The molecule has 0 atom stereocenters. The minimum Gasteiger partial charge on any atom is -0.404 e. The standard InChI is InChI=1S/C11H15BN2/c1-4-7-14(12)11-6-5-10(13-3)8-9(11)2/h4-8,13H,1-3H3/b7-4-. The molecule has 0 heterocycles. The van der Waals surface area contributed by atoms with Gasteiger partial charge in [-0.25, -0.2) is 0 Å². The maximum atomic E-state index is 5.82. The van der Waals surface area contributed by atoms with Crippen LogP contribution in [0.25, 0.3) is 0 Å². The van der Waals surface area contributed by atoms with E-state index in [0.29, 0.717) is 0 Å². The first kappa shape index (κ1) is 10.7. The van der Waals surface area contributed by atoms with Gasteiger partial charge >= 0.3 is 0 Å². The Bertz CT molecular complexity index is 334. The summed E-state index contributed by atoms with van der Waals surface area (Å²) in [5.74, 6) is 0. The molecule has 3 heteroatoms. The maximum Gasteiger partial charge on any atom is 0.233 e. The summed E-state index contributed by atoms with van der Waals surface area (Å²) in [5, 5.41) is 3.09. The zero-order valence-electron chi connectivity index (χ0n) is 8.91. The van der Waals surface area contributed by atoms with Crippen molar-refractivity contribution in [3.8, 4) is 0 Å². The molecule has 0 amide bonds. The lowest BCUT2D eigenvalue weighted by Crippen LogP contribution is -2.11. The predicted octanol–water partition coefficient (Wildman–Crippen LogP) is 2.46. The first-order chi connectivity index (χ1) is 6.69. The Kier molecular flexibility index (Phi) is 3.63. The minimum atomic E-state index is 1.02. The molecule has 14 heavy (non-hydrogen) atoms. The van der Waals surface area contributed by atoms with Gasteiger partial charge in [-0.3, -0.25) is 0 Å². The molecule has 0 unspecified atom stereocenters. The first-order valence-corrected chi connectivity index (χ1v) is 4.64. The highest BCUT2D eigenvalue weighted by atomic mass is 15.0. The molecule has 0 saturated heterocycles. The summed E-state index contributed by atoms with van der Waals surface area (Å²) >= 11 is 0. The second-order valence-electron chi connectivity index (χ2n) is 3.14. The van der Waals surface area contributed by atoms with Crippen molar-refractivity contribution in [2.24, 2.45) is 0 Å². The molecule has 2 nitrogen and oxygen atoms in total. The third kappa shape index (κ3) is 2.31. The zero-order valence-corrected chi connectivity index (χ0v) is 8.91. The van der Waals surface area contributed by atoms with Crippen molar-refractivity contribution in [3.05, 3.63) is 36.0 Å². The lowest BCUT2D eigenvalue weighted by atomic mass is 10.1. The Labute approximate surface area is 87.1 Å². The molecule has 0 aliphatic carbocycles. The summed E-state index contributed by atoms with van der Waals surface area (Å²) in [6.45, 7) is 3.98. The number of hydrogen-bond acceptors (Lipinski definition) is 2. The topological polar surface area (TPSA) is 15.3 Å². The van der Waals surface area contributed by atoms with E-state index in [9.17, 15) is 0 Å². The van der Waals surface area contributed by atoms with Crippen LogP contribution in [0.2, 0.25) is 0 Å². The smallest absolute Gasteiger partial charge is 0.233 e. The van der Waals surface area contributed by atoms with Gasteiger partial charge in [-0.2, -0.15) is 0 Å². The van der Waals surface area contributed by atoms with Crippen LogP contribution in [0.3, 0.4) is 0 Å². The lowest BCUT2D eigenvalue weighted by molar-refractivity contribution is 1.33. The molecule has 1 N–H and O–H groups in total. The largest absolute Gasteiger partial charge is 0.404 e. The summed E-state index contributed by atoms with van der Waals surface area (Å²) in [5.41, 5.74) is 3.26. The van der Waals surface area contributed by atoms with Crippen LogP contribution in [0, 0.1) is 6.92 Å². The molecule has 1 aromatic carbocycles. The second-order valence-corrected chi connectivity index (χ2v) is 3.14. The second kappa shape index (κ2) is 4.75. The Morgan fingerprint density at radius 1 is 1.43 bits per heavy atom. The van der Waals surface area contributed by atoms with E-state index in [0.717, 1.165) is 16.9 Å².